The average molecular weight is 1400 g/mol. The van der Waals surface area contributed by atoms with E-state index in [1.165, 1.54) is 21.8 Å². The van der Waals surface area contributed by atoms with Gasteiger partial charge in [0.15, 0.2) is 60.1 Å². The quantitative estimate of drug-likeness (QED) is 0.0205. The summed E-state index contributed by atoms with van der Waals surface area (Å²) in [6.45, 7) is -6.30. The lowest BCUT2D eigenvalue weighted by molar-refractivity contribution is -0.287. The van der Waals surface area contributed by atoms with Crippen molar-refractivity contribution in [1.82, 2.24) is 39.0 Å². The summed E-state index contributed by atoms with van der Waals surface area (Å²) in [7, 11) is -10.9. The van der Waals surface area contributed by atoms with Crippen molar-refractivity contribution in [3.8, 4) is 0 Å². The number of phosphoric acid groups is 2. The number of aliphatic hydroxyl groups excluding tert-OH is 7. The van der Waals surface area contributed by atoms with Crippen LogP contribution in [0.2, 0.25) is 0 Å². The van der Waals surface area contributed by atoms with Gasteiger partial charge in [-0.3, -0.25) is 32.6 Å². The number of phosphoric ester groups is 2. The number of nitrogens with zero attached hydrogens (tertiary/aromatic N) is 8. The predicted molar refractivity (Wildman–Crippen MR) is 293 cm³/mol. The summed E-state index contributed by atoms with van der Waals surface area (Å²) in [6, 6.07) is 0. The van der Waals surface area contributed by atoms with Crippen LogP contribution in [0.4, 0.5) is 20.4 Å². The van der Waals surface area contributed by atoms with Gasteiger partial charge in [0, 0.05) is 26.7 Å². The van der Waals surface area contributed by atoms with Crippen molar-refractivity contribution in [2.45, 2.75) is 145 Å². The van der Waals surface area contributed by atoms with Crippen LogP contribution in [0.15, 0.2) is 25.3 Å². The molecule has 0 aromatic carbocycles. The maximum atomic E-state index is 15.0. The number of imidazole rings is 2. The molecule has 10 unspecified atom stereocenters. The van der Waals surface area contributed by atoms with E-state index in [9.17, 15) is 87.6 Å². The van der Waals surface area contributed by atoms with Crippen molar-refractivity contribution in [2.24, 2.45) is 11.8 Å². The minimum Gasteiger partial charge on any atom is -0.463 e. The molecule has 0 aliphatic carbocycles. The van der Waals surface area contributed by atoms with Gasteiger partial charge in [-0.25, -0.2) is 56.4 Å². The largest absolute Gasteiger partial charge is 0.481 e. The first-order chi connectivity index (χ1) is 41.4. The molecule has 0 bridgehead atoms. The average Bonchev–Trinajstić information content (AvgIpc) is 2.38. The smallest absolute Gasteiger partial charge is 0.463 e. The van der Waals surface area contributed by atoms with Gasteiger partial charge in [-0.15, -0.1) is 0 Å². The maximum Gasteiger partial charge on any atom is 0.481 e. The van der Waals surface area contributed by atoms with E-state index in [4.69, 9.17) is 81.4 Å². The van der Waals surface area contributed by atoms with Crippen molar-refractivity contribution >= 4 is 105 Å². The highest BCUT2D eigenvalue weighted by Crippen LogP contribution is 2.63. The number of hydrogen-bond acceptors (Lipinski definition) is 35. The minimum atomic E-state index is -5.53. The molecule has 47 heteroatoms. The number of carbonyl (C=O) groups excluding carboxylic acids is 3. The van der Waals surface area contributed by atoms with E-state index >= 15 is 0 Å². The second kappa shape index (κ2) is 29.5. The Kier molecular flexibility index (Phi) is 23.9. The molecule has 4 aliphatic rings. The van der Waals surface area contributed by atoms with E-state index < -0.39 is 196 Å². The molecule has 39 nitrogen and oxygen atoms in total. The Morgan fingerprint density at radius 3 is 1.43 bits per heavy atom. The van der Waals surface area contributed by atoms with E-state index in [1.807, 2.05) is 0 Å². The molecule has 4 aliphatic heterocycles. The normalized spacial score (nSPS) is 34.0. The van der Waals surface area contributed by atoms with Crippen LogP contribution >= 0.6 is 29.1 Å². The third-order valence-corrected chi connectivity index (χ3v) is 20.7. The maximum absolute atomic E-state index is 15.0. The van der Waals surface area contributed by atoms with Crippen molar-refractivity contribution < 1.29 is 147 Å². The third-order valence-electron chi connectivity index (χ3n) is 13.6. The van der Waals surface area contributed by atoms with Gasteiger partial charge in [0.25, 0.3) is 0 Å². The first-order valence-electron chi connectivity index (χ1n) is 25.8. The number of carbonyl (C=O) groups is 3. The summed E-state index contributed by atoms with van der Waals surface area (Å²) < 4.78 is 123. The SMILES string of the molecule is CC(=O)OC[C@H](F)C1O[C@@H](OP(=O)(O)OP(O)(=S)OC[C@H]2O[C@@H](n3cnc4c(N)ncnc43)[C@@H](O)C2O)C(O)[C@@H](O)[C@@H]1O.CC(=O)OC[C@H](F)C1O[C@@H](OP(=O)(O)OP(O)(=S)OC[C@H]2O[C@@H](n3cnc4c(N)ncnc43)[C@@H](O)C2O)C(OC(C)=O)[C@@H](C)[C@@H]1C. The van der Waals surface area contributed by atoms with Crippen LogP contribution in [0, 0.1) is 11.8 Å². The van der Waals surface area contributed by atoms with E-state index in [2.05, 4.69) is 43.5 Å². The Balaban J connectivity index is 0.000000254. The number of hydrogen-bond donors (Lipinski definition) is 13. The fourth-order valence-corrected chi connectivity index (χ4v) is 15.3. The van der Waals surface area contributed by atoms with E-state index in [0.717, 1.165) is 33.4 Å². The van der Waals surface area contributed by atoms with Gasteiger partial charge in [0.05, 0.1) is 32.0 Å². The topological polar surface area (TPSA) is 567 Å². The zero-order chi connectivity index (χ0) is 66.0. The summed E-state index contributed by atoms with van der Waals surface area (Å²) in [5.74, 6) is -3.70. The number of ether oxygens (including phenoxy) is 7. The van der Waals surface area contributed by atoms with Gasteiger partial charge in [0.1, 0.15) is 97.9 Å². The molecule has 500 valence electrons. The molecular weight excluding hydrogens is 1330 g/mol. The Morgan fingerprint density at radius 1 is 0.584 bits per heavy atom. The van der Waals surface area contributed by atoms with Crippen molar-refractivity contribution in [3.05, 3.63) is 25.3 Å². The third kappa shape index (κ3) is 17.8. The molecular formula is C42H62F2N10O29P4S2. The highest BCUT2D eigenvalue weighted by atomic mass is 32.5. The number of halogens is 2. The summed E-state index contributed by atoms with van der Waals surface area (Å²) in [6.07, 6.45) is -26.4. The summed E-state index contributed by atoms with van der Waals surface area (Å²) in [4.78, 5) is 99.2. The monoisotopic (exact) mass is 1400 g/mol. The number of alkyl halides is 2. The molecule has 4 saturated heterocycles. The molecule has 0 radical (unpaired) electrons. The fourth-order valence-electron chi connectivity index (χ4n) is 9.15. The van der Waals surface area contributed by atoms with Crippen LogP contribution in [0.25, 0.3) is 22.3 Å². The minimum absolute atomic E-state index is 0.0457. The Labute approximate surface area is 509 Å². The van der Waals surface area contributed by atoms with Gasteiger partial charge in [-0.2, -0.15) is 0 Å². The molecule has 89 heavy (non-hydrogen) atoms. The zero-order valence-corrected chi connectivity index (χ0v) is 51.8. The molecule has 0 saturated carbocycles. The second-order valence-electron chi connectivity index (χ2n) is 19.9. The first kappa shape index (κ1) is 72.3. The van der Waals surface area contributed by atoms with Crippen LogP contribution in [0.5, 0.6) is 0 Å². The van der Waals surface area contributed by atoms with Crippen LogP contribution in [0.1, 0.15) is 47.1 Å². The summed E-state index contributed by atoms with van der Waals surface area (Å²) in [5.41, 5.74) is 12.3. The lowest BCUT2D eigenvalue weighted by atomic mass is 9.82. The molecule has 4 aromatic heterocycles. The Hall–Kier alpha value is -4.11. The van der Waals surface area contributed by atoms with Gasteiger partial charge in [0.2, 0.25) is 6.29 Å². The number of aromatic nitrogens is 8. The molecule has 0 amide bonds. The van der Waals surface area contributed by atoms with Crippen LogP contribution in [0.3, 0.4) is 0 Å². The summed E-state index contributed by atoms with van der Waals surface area (Å²) >= 11 is 9.55. The standard InChI is InChI=1S/C23H34FN5O14P2S.C19H28FN5O15P2S/c1-9-10(2)19(39-12(4)31)23(41-18(9)13(24)5-37-11(3)30)42-44(34,35)43-45(36,46)38-6-14-16(32)17(33)22(40-14)29-8-28-15-20(25)26-7-27-21(15)29;1-6(26)35-2-7(20)15-12(29)11(28)14(31)19(38-15)39-41(32,33)40-42(34,43)36-3-8-10(27)13(30)18(37-8)25-5-24-9-16(21)22-4-23-17(9)25/h7-10,13-14,16-19,22-23,32-33H,5-6H2,1-4H3,(H,34,35)(H,36,46)(H2,25,26,27);4-5,7-8,10-15,18-19,27-31H,2-3H2,1H3,(H,32,33)(H,34,43)(H2,21,22,23)/t9-,10-,13-,14+,16?,17-,18?,19?,22+,23-,45?;7-,8+,10?,11-,12-,13-,14?,15?,18+,19-,42?/m00/s1. The lowest BCUT2D eigenvalue weighted by Crippen LogP contribution is -2.61. The van der Waals surface area contributed by atoms with Gasteiger partial charge in [-0.1, -0.05) is 13.8 Å². The highest BCUT2D eigenvalue weighted by Gasteiger charge is 2.54. The summed E-state index contributed by atoms with van der Waals surface area (Å²) in [5, 5.41) is 72.3. The predicted octanol–water partition coefficient (Wildman–Crippen LogP) is -2.67. The van der Waals surface area contributed by atoms with Crippen LogP contribution < -0.4 is 11.5 Å². The van der Waals surface area contributed by atoms with Gasteiger partial charge in [-0.05, 0) is 29.5 Å². The van der Waals surface area contributed by atoms with Crippen molar-refractivity contribution in [3.63, 3.8) is 0 Å². The molecule has 4 aromatic rings. The number of nitrogen functional groups attached to an aromatic ring is 2. The van der Waals surface area contributed by atoms with E-state index in [-0.39, 0.29) is 34.0 Å². The molecule has 8 heterocycles. The Bertz CT molecular complexity index is 3360. The number of rotatable bonds is 23. The number of aliphatic hydroxyl groups is 7. The molecule has 4 fully saturated rings. The van der Waals surface area contributed by atoms with Crippen LogP contribution in [-0.2, 0) is 107 Å². The Morgan fingerprint density at radius 2 is 1.00 bits per heavy atom. The number of fused-ring (bicyclic) bond motifs is 2. The molecule has 0 spiro atoms. The van der Waals surface area contributed by atoms with Crippen molar-refractivity contribution in [2.75, 3.05) is 37.9 Å². The molecule has 15 N–H and O–H groups in total. The number of esters is 3. The van der Waals surface area contributed by atoms with E-state index in [0.29, 0.717) is 0 Å². The number of nitrogens with two attached hydrogens (primary N) is 2. The zero-order valence-electron chi connectivity index (χ0n) is 46.5. The lowest BCUT2D eigenvalue weighted by Gasteiger charge is -2.44. The fraction of sp³-hybridized carbons (Fsp3) is 0.690. The number of anilines is 2. The van der Waals surface area contributed by atoms with Gasteiger partial charge >= 0.3 is 47.0 Å². The van der Waals surface area contributed by atoms with E-state index in [1.54, 1.807) is 13.8 Å². The van der Waals surface area contributed by atoms with Crippen molar-refractivity contribution in [1.29, 1.82) is 0 Å². The molecule has 24 atom stereocenters. The second-order valence-corrected chi connectivity index (χ2v) is 28.7. The van der Waals surface area contributed by atoms with Gasteiger partial charge < -0.3 is 109 Å². The highest BCUT2D eigenvalue weighted by molar-refractivity contribution is 8.08. The van der Waals surface area contributed by atoms with Crippen LogP contribution in [-0.4, -0.2) is 237 Å². The molecule has 8 rings (SSSR count). The first-order valence-corrected chi connectivity index (χ1v) is 33.9.